The fourth-order valence-corrected chi connectivity index (χ4v) is 1.83. The smallest absolute Gasteiger partial charge is 0.321 e. The third-order valence-electron chi connectivity index (χ3n) is 2.85. The van der Waals surface area contributed by atoms with Gasteiger partial charge in [-0.3, -0.25) is 0 Å². The first-order chi connectivity index (χ1) is 7.75. The van der Waals surface area contributed by atoms with E-state index in [4.69, 9.17) is 5.73 Å². The fraction of sp³-hybridized carbons (Fsp3) is 0.417. The number of urea groups is 1. The second-order valence-corrected chi connectivity index (χ2v) is 4.12. The van der Waals surface area contributed by atoms with Crippen molar-refractivity contribution in [3.05, 3.63) is 30.3 Å². The largest absolute Gasteiger partial charge is 0.328 e. The number of amides is 2. The average molecular weight is 219 g/mol. The number of carbonyl (C=O) groups excluding carboxylic acids is 1. The summed E-state index contributed by atoms with van der Waals surface area (Å²) in [7, 11) is 0. The number of hydrogen-bond donors (Lipinski definition) is 2. The second-order valence-electron chi connectivity index (χ2n) is 4.12. The molecule has 86 valence electrons. The Morgan fingerprint density at radius 3 is 2.50 bits per heavy atom. The van der Waals surface area contributed by atoms with Gasteiger partial charge in [-0.05, 0) is 25.0 Å². The number of piperidine rings is 1. The van der Waals surface area contributed by atoms with Gasteiger partial charge < -0.3 is 16.0 Å². The highest BCUT2D eigenvalue weighted by atomic mass is 16.2. The summed E-state index contributed by atoms with van der Waals surface area (Å²) in [4.78, 5) is 13.7. The summed E-state index contributed by atoms with van der Waals surface area (Å²) in [6.07, 6.45) is 1.78. The van der Waals surface area contributed by atoms with Crippen LogP contribution in [-0.4, -0.2) is 30.1 Å². The number of nitrogens with one attached hydrogen (secondary N) is 1. The van der Waals surface area contributed by atoms with Gasteiger partial charge in [0.05, 0.1) is 0 Å². The van der Waals surface area contributed by atoms with Crippen molar-refractivity contribution in [2.45, 2.75) is 18.9 Å². The van der Waals surface area contributed by atoms with E-state index in [1.165, 1.54) is 0 Å². The van der Waals surface area contributed by atoms with Gasteiger partial charge in [0.25, 0.3) is 0 Å². The van der Waals surface area contributed by atoms with Gasteiger partial charge in [0.15, 0.2) is 0 Å². The van der Waals surface area contributed by atoms with Crippen LogP contribution in [0.2, 0.25) is 0 Å². The predicted molar refractivity (Wildman–Crippen MR) is 64.2 cm³/mol. The van der Waals surface area contributed by atoms with Crippen molar-refractivity contribution in [3.63, 3.8) is 0 Å². The van der Waals surface area contributed by atoms with E-state index in [2.05, 4.69) is 5.32 Å². The lowest BCUT2D eigenvalue weighted by atomic mass is 10.1. The molecule has 4 heteroatoms. The van der Waals surface area contributed by atoms with E-state index in [1.54, 1.807) is 0 Å². The Morgan fingerprint density at radius 2 is 1.88 bits per heavy atom. The Labute approximate surface area is 95.4 Å². The van der Waals surface area contributed by atoms with Crippen LogP contribution in [0.1, 0.15) is 12.8 Å². The van der Waals surface area contributed by atoms with Crippen molar-refractivity contribution in [2.75, 3.05) is 18.4 Å². The molecular weight excluding hydrogens is 202 g/mol. The van der Waals surface area contributed by atoms with Gasteiger partial charge in [0.1, 0.15) is 0 Å². The Balaban J connectivity index is 1.89. The van der Waals surface area contributed by atoms with Gasteiger partial charge in [0.2, 0.25) is 0 Å². The fourth-order valence-electron chi connectivity index (χ4n) is 1.83. The van der Waals surface area contributed by atoms with Crippen LogP contribution >= 0.6 is 0 Å². The summed E-state index contributed by atoms with van der Waals surface area (Å²) >= 11 is 0. The van der Waals surface area contributed by atoms with Crippen LogP contribution in [-0.2, 0) is 0 Å². The van der Waals surface area contributed by atoms with Crippen molar-refractivity contribution < 1.29 is 4.79 Å². The third kappa shape index (κ3) is 2.73. The number of rotatable bonds is 1. The quantitative estimate of drug-likeness (QED) is 0.754. The molecule has 0 radical (unpaired) electrons. The number of anilines is 1. The van der Waals surface area contributed by atoms with E-state index >= 15 is 0 Å². The number of benzene rings is 1. The summed E-state index contributed by atoms with van der Waals surface area (Å²) in [5.74, 6) is 0. The van der Waals surface area contributed by atoms with E-state index in [9.17, 15) is 4.79 Å². The lowest BCUT2D eigenvalue weighted by Crippen LogP contribution is -2.44. The first kappa shape index (κ1) is 11.0. The topological polar surface area (TPSA) is 58.4 Å². The summed E-state index contributed by atoms with van der Waals surface area (Å²) < 4.78 is 0. The van der Waals surface area contributed by atoms with Crippen LogP contribution < -0.4 is 11.1 Å². The molecule has 4 nitrogen and oxygen atoms in total. The van der Waals surface area contributed by atoms with Gasteiger partial charge in [-0.25, -0.2) is 4.79 Å². The SMILES string of the molecule is NC1CCN(C(=O)Nc2ccccc2)CC1. The van der Waals surface area contributed by atoms with Crippen molar-refractivity contribution in [1.82, 2.24) is 4.90 Å². The lowest BCUT2D eigenvalue weighted by molar-refractivity contribution is 0.195. The molecule has 1 fully saturated rings. The van der Waals surface area contributed by atoms with Crippen LogP contribution in [0.5, 0.6) is 0 Å². The zero-order valence-corrected chi connectivity index (χ0v) is 9.23. The van der Waals surface area contributed by atoms with E-state index < -0.39 is 0 Å². The van der Waals surface area contributed by atoms with Gasteiger partial charge >= 0.3 is 6.03 Å². The molecule has 1 aromatic carbocycles. The highest BCUT2D eigenvalue weighted by molar-refractivity contribution is 5.89. The minimum atomic E-state index is -0.0295. The predicted octanol–water partition coefficient (Wildman–Crippen LogP) is 1.64. The number of para-hydroxylation sites is 1. The van der Waals surface area contributed by atoms with E-state index in [0.29, 0.717) is 0 Å². The third-order valence-corrected chi connectivity index (χ3v) is 2.85. The molecular formula is C12H17N3O. The molecule has 0 aromatic heterocycles. The van der Waals surface area contributed by atoms with Crippen molar-refractivity contribution >= 4 is 11.7 Å². The van der Waals surface area contributed by atoms with Gasteiger partial charge in [-0.2, -0.15) is 0 Å². The first-order valence-electron chi connectivity index (χ1n) is 5.62. The van der Waals surface area contributed by atoms with E-state index in [0.717, 1.165) is 31.6 Å². The Hall–Kier alpha value is -1.55. The zero-order chi connectivity index (χ0) is 11.4. The molecule has 1 saturated heterocycles. The monoisotopic (exact) mass is 219 g/mol. The number of nitrogens with two attached hydrogens (primary N) is 1. The van der Waals surface area contributed by atoms with Crippen molar-refractivity contribution in [3.8, 4) is 0 Å². The molecule has 1 aliphatic heterocycles. The van der Waals surface area contributed by atoms with Crippen LogP contribution in [0.15, 0.2) is 30.3 Å². The maximum absolute atomic E-state index is 11.8. The lowest BCUT2D eigenvalue weighted by Gasteiger charge is -2.30. The first-order valence-corrected chi connectivity index (χ1v) is 5.62. The summed E-state index contributed by atoms with van der Waals surface area (Å²) in [6.45, 7) is 1.50. The second kappa shape index (κ2) is 4.99. The number of nitrogens with zero attached hydrogens (tertiary/aromatic N) is 1. The van der Waals surface area contributed by atoms with Crippen LogP contribution in [0.4, 0.5) is 10.5 Å². The molecule has 1 aliphatic rings. The summed E-state index contributed by atoms with van der Waals surface area (Å²) in [5, 5.41) is 2.87. The molecule has 16 heavy (non-hydrogen) atoms. The molecule has 1 heterocycles. The standard InChI is InChI=1S/C12H17N3O/c13-10-6-8-15(9-7-10)12(16)14-11-4-2-1-3-5-11/h1-5,10H,6-9,13H2,(H,14,16). The normalized spacial score (nSPS) is 17.2. The van der Waals surface area contributed by atoms with Crippen LogP contribution in [0.25, 0.3) is 0 Å². The minimum Gasteiger partial charge on any atom is -0.328 e. The van der Waals surface area contributed by atoms with Crippen molar-refractivity contribution in [1.29, 1.82) is 0 Å². The highest BCUT2D eigenvalue weighted by Crippen LogP contribution is 2.11. The van der Waals surface area contributed by atoms with E-state index in [1.807, 2.05) is 35.2 Å². The molecule has 0 aliphatic carbocycles. The maximum Gasteiger partial charge on any atom is 0.321 e. The van der Waals surface area contributed by atoms with Gasteiger partial charge in [0, 0.05) is 24.8 Å². The molecule has 0 spiro atoms. The highest BCUT2D eigenvalue weighted by Gasteiger charge is 2.20. The summed E-state index contributed by atoms with van der Waals surface area (Å²) in [6, 6.07) is 9.72. The number of likely N-dealkylation sites (tertiary alicyclic amines) is 1. The Bertz CT molecular complexity index is 345. The number of hydrogen-bond acceptors (Lipinski definition) is 2. The molecule has 2 rings (SSSR count). The van der Waals surface area contributed by atoms with Gasteiger partial charge in [-0.1, -0.05) is 18.2 Å². The Morgan fingerprint density at radius 1 is 1.25 bits per heavy atom. The van der Waals surface area contributed by atoms with Gasteiger partial charge in [-0.15, -0.1) is 0 Å². The Kier molecular flexibility index (Phi) is 3.41. The molecule has 0 unspecified atom stereocenters. The van der Waals surface area contributed by atoms with Crippen LogP contribution in [0.3, 0.4) is 0 Å². The molecule has 0 saturated carbocycles. The summed E-state index contributed by atoms with van der Waals surface area (Å²) in [5.41, 5.74) is 6.63. The molecule has 3 N–H and O–H groups in total. The van der Waals surface area contributed by atoms with Crippen molar-refractivity contribution in [2.24, 2.45) is 5.73 Å². The zero-order valence-electron chi connectivity index (χ0n) is 9.23. The molecule has 1 aromatic rings. The van der Waals surface area contributed by atoms with E-state index in [-0.39, 0.29) is 12.1 Å². The maximum atomic E-state index is 11.8. The minimum absolute atomic E-state index is 0.0295. The molecule has 0 bridgehead atoms. The van der Waals surface area contributed by atoms with Crippen LogP contribution in [0, 0.1) is 0 Å². The molecule has 0 atom stereocenters. The average Bonchev–Trinajstić information content (AvgIpc) is 2.31. The molecule has 2 amide bonds. The number of carbonyl (C=O) groups is 1.